The normalized spacial score (nSPS) is 17.5. The molecule has 0 N–H and O–H groups in total. The van der Waals surface area contributed by atoms with Gasteiger partial charge in [-0.3, -0.25) is 4.90 Å². The molecule has 0 spiro atoms. The molecule has 0 saturated carbocycles. The van der Waals surface area contributed by atoms with E-state index in [-0.39, 0.29) is 12.5 Å². The van der Waals surface area contributed by atoms with Gasteiger partial charge in [-0.1, -0.05) is 29.8 Å². The van der Waals surface area contributed by atoms with Crippen LogP contribution in [0.4, 0.5) is 4.39 Å². The number of piperidine rings is 1. The molecule has 214 valence electrons. The van der Waals surface area contributed by atoms with Crippen molar-refractivity contribution in [3.05, 3.63) is 81.9 Å². The van der Waals surface area contributed by atoms with Gasteiger partial charge in [0.15, 0.2) is 17.6 Å². The Bertz CT molecular complexity index is 1620. The quantitative estimate of drug-likeness (QED) is 0.257. The lowest BCUT2D eigenvalue weighted by atomic mass is 9.88. The van der Waals surface area contributed by atoms with E-state index in [9.17, 15) is 9.18 Å². The SMILES string of the molecule is COC(=O)c1cc(OC)c2nc(CN3CCC(c4cccc5c4O[C@H](c4ccc(Cl)cc4F)CO5)CC3)n(C)c2c1. The number of imidazole rings is 1. The van der Waals surface area contributed by atoms with Gasteiger partial charge in [0.05, 0.1) is 31.8 Å². The van der Waals surface area contributed by atoms with Crippen LogP contribution >= 0.6 is 11.6 Å². The number of aryl methyl sites for hydroxylation is 1. The number of nitrogens with zero attached hydrogens (tertiary/aromatic N) is 3. The first-order chi connectivity index (χ1) is 19.9. The minimum absolute atomic E-state index is 0.234. The summed E-state index contributed by atoms with van der Waals surface area (Å²) in [5.74, 6) is 2.27. The Balaban J connectivity index is 1.17. The molecule has 1 atom stereocenters. The highest BCUT2D eigenvalue weighted by Gasteiger charge is 2.31. The smallest absolute Gasteiger partial charge is 0.338 e. The number of ether oxygens (including phenoxy) is 4. The van der Waals surface area contributed by atoms with E-state index < -0.39 is 17.9 Å². The van der Waals surface area contributed by atoms with Crippen molar-refractivity contribution < 1.29 is 28.1 Å². The highest BCUT2D eigenvalue weighted by molar-refractivity contribution is 6.30. The molecule has 3 aromatic carbocycles. The first-order valence-electron chi connectivity index (χ1n) is 13.6. The molecule has 8 nitrogen and oxygen atoms in total. The molecule has 1 fully saturated rings. The summed E-state index contributed by atoms with van der Waals surface area (Å²) in [5, 5.41) is 0.347. The highest BCUT2D eigenvalue weighted by atomic mass is 35.5. The number of carbonyl (C=O) groups is 1. The number of para-hydroxylation sites is 1. The van der Waals surface area contributed by atoms with E-state index >= 15 is 0 Å². The second kappa shape index (κ2) is 11.2. The van der Waals surface area contributed by atoms with E-state index in [1.165, 1.54) is 13.2 Å². The largest absolute Gasteiger partial charge is 0.494 e. The highest BCUT2D eigenvalue weighted by Crippen LogP contribution is 2.45. The molecule has 3 heterocycles. The van der Waals surface area contributed by atoms with Crippen LogP contribution in [-0.4, -0.2) is 54.3 Å². The second-order valence-electron chi connectivity index (χ2n) is 10.4. The van der Waals surface area contributed by atoms with Gasteiger partial charge in [-0.25, -0.2) is 14.2 Å². The molecule has 1 saturated heterocycles. The molecule has 2 aliphatic heterocycles. The summed E-state index contributed by atoms with van der Waals surface area (Å²) in [5.41, 5.74) is 3.47. The summed E-state index contributed by atoms with van der Waals surface area (Å²) in [6.45, 7) is 2.65. The number of esters is 1. The second-order valence-corrected chi connectivity index (χ2v) is 10.9. The van der Waals surface area contributed by atoms with Crippen molar-refractivity contribution in [2.24, 2.45) is 7.05 Å². The van der Waals surface area contributed by atoms with Gasteiger partial charge in [0, 0.05) is 23.2 Å². The first-order valence-corrected chi connectivity index (χ1v) is 14.0. The van der Waals surface area contributed by atoms with Crippen LogP contribution in [0.1, 0.15) is 52.2 Å². The monoisotopic (exact) mass is 579 g/mol. The molecular formula is C31H31ClFN3O5. The van der Waals surface area contributed by atoms with Gasteiger partial charge in [0.25, 0.3) is 0 Å². The summed E-state index contributed by atoms with van der Waals surface area (Å²) < 4.78 is 39.5. The summed E-state index contributed by atoms with van der Waals surface area (Å²) >= 11 is 5.95. The molecule has 10 heteroatoms. The number of methoxy groups -OCH3 is 2. The predicted molar refractivity (Wildman–Crippen MR) is 153 cm³/mol. The molecule has 6 rings (SSSR count). The van der Waals surface area contributed by atoms with E-state index in [1.54, 1.807) is 31.4 Å². The van der Waals surface area contributed by atoms with Gasteiger partial charge >= 0.3 is 5.97 Å². The third-order valence-corrected chi connectivity index (χ3v) is 8.28. The van der Waals surface area contributed by atoms with Gasteiger partial charge < -0.3 is 23.5 Å². The van der Waals surface area contributed by atoms with E-state index in [0.29, 0.717) is 45.5 Å². The lowest BCUT2D eigenvalue weighted by Crippen LogP contribution is -2.33. The van der Waals surface area contributed by atoms with Crippen molar-refractivity contribution in [3.63, 3.8) is 0 Å². The van der Waals surface area contributed by atoms with E-state index in [4.69, 9.17) is 35.5 Å². The standard InChI is InChI=1S/C31H31ClFN3O5/c1-35-24-13-19(31(37)39-3)14-26(38-2)29(24)34-28(35)16-36-11-9-18(10-12-36)21-5-4-6-25-30(21)41-27(17-40-25)22-8-7-20(32)15-23(22)33/h4-8,13-15,18,27H,9-12,16-17H2,1-3H3/t27-/m0/s1. The number of fused-ring (bicyclic) bond motifs is 2. The van der Waals surface area contributed by atoms with Crippen molar-refractivity contribution in [1.29, 1.82) is 0 Å². The van der Waals surface area contributed by atoms with Crippen LogP contribution in [0.25, 0.3) is 11.0 Å². The lowest BCUT2D eigenvalue weighted by Gasteiger charge is -2.35. The van der Waals surface area contributed by atoms with Crippen molar-refractivity contribution in [1.82, 2.24) is 14.5 Å². The zero-order valence-corrected chi connectivity index (χ0v) is 23.9. The first kappa shape index (κ1) is 27.4. The molecule has 2 aliphatic rings. The van der Waals surface area contributed by atoms with Crippen LogP contribution in [0.3, 0.4) is 0 Å². The van der Waals surface area contributed by atoms with Gasteiger partial charge in [-0.05, 0) is 62.2 Å². The maximum Gasteiger partial charge on any atom is 0.338 e. The fourth-order valence-corrected chi connectivity index (χ4v) is 5.95. The van der Waals surface area contributed by atoms with Gasteiger partial charge in [-0.15, -0.1) is 0 Å². The summed E-state index contributed by atoms with van der Waals surface area (Å²) in [6.07, 6.45) is 1.31. The number of aromatic nitrogens is 2. The molecule has 1 aromatic heterocycles. The Morgan fingerprint density at radius 1 is 1.12 bits per heavy atom. The third-order valence-electron chi connectivity index (χ3n) is 8.05. The maximum atomic E-state index is 14.6. The molecule has 0 aliphatic carbocycles. The molecule has 0 unspecified atom stereocenters. The summed E-state index contributed by atoms with van der Waals surface area (Å²) in [7, 11) is 4.88. The third kappa shape index (κ3) is 5.20. The van der Waals surface area contributed by atoms with Gasteiger partial charge in [0.2, 0.25) is 0 Å². The number of hydrogen-bond acceptors (Lipinski definition) is 7. The maximum absolute atomic E-state index is 14.6. The minimum Gasteiger partial charge on any atom is -0.494 e. The van der Waals surface area contributed by atoms with Crippen LogP contribution in [0.5, 0.6) is 17.2 Å². The molecule has 0 bridgehead atoms. The minimum atomic E-state index is -0.546. The van der Waals surface area contributed by atoms with Crippen molar-refractivity contribution in [3.8, 4) is 17.2 Å². The molecule has 0 radical (unpaired) electrons. The number of carbonyl (C=O) groups excluding carboxylic acids is 1. The zero-order chi connectivity index (χ0) is 28.7. The van der Waals surface area contributed by atoms with Gasteiger partial charge in [-0.2, -0.15) is 0 Å². The molecule has 41 heavy (non-hydrogen) atoms. The summed E-state index contributed by atoms with van der Waals surface area (Å²) in [4.78, 5) is 19.4. The van der Waals surface area contributed by atoms with Crippen molar-refractivity contribution in [2.45, 2.75) is 31.4 Å². The van der Waals surface area contributed by atoms with Gasteiger partial charge in [0.1, 0.15) is 29.5 Å². The number of hydrogen-bond donors (Lipinski definition) is 0. The van der Waals surface area contributed by atoms with Crippen LogP contribution < -0.4 is 14.2 Å². The number of likely N-dealkylation sites (tertiary alicyclic amines) is 1. The van der Waals surface area contributed by atoms with E-state index in [1.807, 2.05) is 23.7 Å². The average Bonchev–Trinajstić information content (AvgIpc) is 3.30. The molecule has 4 aromatic rings. The fraction of sp³-hybridized carbons (Fsp3) is 0.355. The summed E-state index contributed by atoms with van der Waals surface area (Å²) in [6, 6.07) is 14.0. The van der Waals surface area contributed by atoms with E-state index in [2.05, 4.69) is 11.0 Å². The number of rotatable bonds is 6. The topological polar surface area (TPSA) is 75.1 Å². The number of benzene rings is 3. The van der Waals surface area contributed by atoms with Crippen LogP contribution in [0.2, 0.25) is 5.02 Å². The number of halogens is 2. The Morgan fingerprint density at radius 2 is 1.93 bits per heavy atom. The fourth-order valence-electron chi connectivity index (χ4n) is 5.79. The zero-order valence-electron chi connectivity index (χ0n) is 23.2. The lowest BCUT2D eigenvalue weighted by molar-refractivity contribution is 0.0600. The Labute approximate surface area is 242 Å². The van der Waals surface area contributed by atoms with Crippen molar-refractivity contribution in [2.75, 3.05) is 33.9 Å². The van der Waals surface area contributed by atoms with E-state index in [0.717, 1.165) is 42.8 Å². The van der Waals surface area contributed by atoms with Crippen LogP contribution in [-0.2, 0) is 18.3 Å². The van der Waals surface area contributed by atoms with Crippen LogP contribution in [0, 0.1) is 5.82 Å². The van der Waals surface area contributed by atoms with Crippen LogP contribution in [0.15, 0.2) is 48.5 Å². The molecular weight excluding hydrogens is 549 g/mol. The van der Waals surface area contributed by atoms with Crippen molar-refractivity contribution >= 4 is 28.6 Å². The molecule has 0 amide bonds. The Hall–Kier alpha value is -3.82. The average molecular weight is 580 g/mol. The predicted octanol–water partition coefficient (Wildman–Crippen LogP) is 6.05. The Kier molecular flexibility index (Phi) is 7.48. The Morgan fingerprint density at radius 3 is 2.66 bits per heavy atom.